The molecule has 152 valence electrons. The molecule has 0 radical (unpaired) electrons. The molecule has 0 spiro atoms. The Kier molecular flexibility index (Phi) is 6.53. The summed E-state index contributed by atoms with van der Waals surface area (Å²) < 4.78 is 41.3. The maximum absolute atomic E-state index is 14.0. The summed E-state index contributed by atoms with van der Waals surface area (Å²) in [5.41, 5.74) is -0.378. The van der Waals surface area contributed by atoms with Gasteiger partial charge in [0.25, 0.3) is 0 Å². The van der Waals surface area contributed by atoms with E-state index in [9.17, 15) is 22.8 Å². The van der Waals surface area contributed by atoms with Gasteiger partial charge in [0.1, 0.15) is 16.3 Å². The lowest BCUT2D eigenvalue weighted by atomic mass is 10.1. The van der Waals surface area contributed by atoms with Crippen LogP contribution in [0.25, 0.3) is 10.2 Å². The SMILES string of the molecule is O=C(O)CCC(=O)N(Cc1nc2c(F)c(F)cc(F)c2s1)C1CCCCCC1. The topological polar surface area (TPSA) is 70.5 Å². The molecule has 9 heteroatoms. The Bertz CT molecular complexity index is 879. The lowest BCUT2D eigenvalue weighted by Crippen LogP contribution is -2.39. The molecular formula is C19H21F3N2O3S. The van der Waals surface area contributed by atoms with Crippen LogP contribution in [0, 0.1) is 17.5 Å². The van der Waals surface area contributed by atoms with Gasteiger partial charge in [-0.3, -0.25) is 9.59 Å². The summed E-state index contributed by atoms with van der Waals surface area (Å²) in [6.45, 7) is 0.0307. The molecule has 28 heavy (non-hydrogen) atoms. The molecule has 1 aliphatic carbocycles. The van der Waals surface area contributed by atoms with Crippen molar-refractivity contribution in [3.8, 4) is 0 Å². The highest BCUT2D eigenvalue weighted by molar-refractivity contribution is 7.18. The number of nitrogens with zero attached hydrogens (tertiary/aromatic N) is 2. The van der Waals surface area contributed by atoms with Crippen molar-refractivity contribution in [3.63, 3.8) is 0 Å². The van der Waals surface area contributed by atoms with E-state index in [0.717, 1.165) is 49.9 Å². The molecule has 2 aromatic rings. The smallest absolute Gasteiger partial charge is 0.303 e. The van der Waals surface area contributed by atoms with Crippen molar-refractivity contribution in [1.29, 1.82) is 0 Å². The van der Waals surface area contributed by atoms with Gasteiger partial charge in [0, 0.05) is 18.5 Å². The molecule has 1 aliphatic rings. The van der Waals surface area contributed by atoms with Crippen molar-refractivity contribution in [2.45, 2.75) is 64.0 Å². The third kappa shape index (κ3) is 4.63. The summed E-state index contributed by atoms with van der Waals surface area (Å²) in [6.07, 6.45) is 5.23. The molecule has 5 nitrogen and oxygen atoms in total. The number of fused-ring (bicyclic) bond motifs is 1. The number of halogens is 3. The van der Waals surface area contributed by atoms with Crippen LogP contribution in [0.3, 0.4) is 0 Å². The minimum Gasteiger partial charge on any atom is -0.481 e. The normalized spacial score (nSPS) is 15.5. The van der Waals surface area contributed by atoms with Crippen molar-refractivity contribution in [2.75, 3.05) is 0 Å². The molecule has 0 saturated heterocycles. The number of thiazole rings is 1. The predicted octanol–water partition coefficient (Wildman–Crippen LogP) is 4.63. The largest absolute Gasteiger partial charge is 0.481 e. The Balaban J connectivity index is 1.88. The Morgan fingerprint density at radius 3 is 2.43 bits per heavy atom. The number of carbonyl (C=O) groups is 2. The Morgan fingerprint density at radius 1 is 1.11 bits per heavy atom. The number of hydrogen-bond acceptors (Lipinski definition) is 4. The fourth-order valence-corrected chi connectivity index (χ4v) is 4.55. The second-order valence-electron chi connectivity index (χ2n) is 7.00. The fraction of sp³-hybridized carbons (Fsp3) is 0.526. The first-order valence-corrected chi connectivity index (χ1v) is 10.1. The van der Waals surface area contributed by atoms with E-state index in [1.165, 1.54) is 0 Å². The van der Waals surface area contributed by atoms with E-state index >= 15 is 0 Å². The molecule has 1 aromatic carbocycles. The maximum atomic E-state index is 14.0. The standard InChI is InChI=1S/C19H21F3N2O3S/c20-12-9-13(21)19-18(17(12)22)23-14(28-19)10-24(15(25)7-8-16(26)27)11-5-3-1-2-4-6-11/h9,11H,1-8,10H2,(H,26,27). The summed E-state index contributed by atoms with van der Waals surface area (Å²) in [5.74, 6) is -4.79. The molecule has 1 heterocycles. The van der Waals surface area contributed by atoms with Crippen molar-refractivity contribution in [3.05, 3.63) is 28.5 Å². The van der Waals surface area contributed by atoms with Gasteiger partial charge < -0.3 is 10.0 Å². The van der Waals surface area contributed by atoms with Crippen molar-refractivity contribution in [2.24, 2.45) is 0 Å². The average Bonchev–Trinajstić information content (AvgIpc) is 2.90. The molecule has 0 atom stereocenters. The third-order valence-electron chi connectivity index (χ3n) is 5.00. The van der Waals surface area contributed by atoms with Gasteiger partial charge in [-0.1, -0.05) is 25.7 Å². The molecular weight excluding hydrogens is 393 g/mol. The first-order valence-electron chi connectivity index (χ1n) is 9.31. The molecule has 1 N–H and O–H groups in total. The van der Waals surface area contributed by atoms with E-state index in [1.807, 2.05) is 0 Å². The molecule has 3 rings (SSSR count). The summed E-state index contributed by atoms with van der Waals surface area (Å²) in [7, 11) is 0. The van der Waals surface area contributed by atoms with Gasteiger partial charge in [0.05, 0.1) is 17.7 Å². The Hall–Kier alpha value is -2.16. The number of rotatable bonds is 6. The second kappa shape index (κ2) is 8.89. The Morgan fingerprint density at radius 2 is 1.79 bits per heavy atom. The van der Waals surface area contributed by atoms with Crippen LogP contribution in [0.4, 0.5) is 13.2 Å². The van der Waals surface area contributed by atoms with Crippen LogP contribution in [-0.2, 0) is 16.1 Å². The molecule has 0 bridgehead atoms. The van der Waals surface area contributed by atoms with Crippen LogP contribution >= 0.6 is 11.3 Å². The van der Waals surface area contributed by atoms with Crippen molar-refractivity contribution < 1.29 is 27.9 Å². The number of carboxylic acids is 1. The highest BCUT2D eigenvalue weighted by Crippen LogP contribution is 2.31. The lowest BCUT2D eigenvalue weighted by molar-refractivity contribution is -0.142. The molecule has 0 aliphatic heterocycles. The average molecular weight is 414 g/mol. The zero-order valence-electron chi connectivity index (χ0n) is 15.2. The molecule has 1 aromatic heterocycles. The number of carboxylic acid groups (broad SMARTS) is 1. The minimum absolute atomic E-state index is 0.0307. The zero-order chi connectivity index (χ0) is 20.3. The van der Waals surface area contributed by atoms with Gasteiger partial charge in [-0.05, 0) is 12.8 Å². The van der Waals surface area contributed by atoms with Crippen molar-refractivity contribution in [1.82, 2.24) is 9.88 Å². The summed E-state index contributed by atoms with van der Waals surface area (Å²) in [5, 5.41) is 9.17. The van der Waals surface area contributed by atoms with E-state index in [4.69, 9.17) is 5.11 Å². The molecule has 1 fully saturated rings. The first-order chi connectivity index (χ1) is 13.4. The number of benzene rings is 1. The number of aromatic nitrogens is 1. The summed E-state index contributed by atoms with van der Waals surface area (Å²) in [6, 6.07) is 0.419. The van der Waals surface area contributed by atoms with Gasteiger partial charge in [0.2, 0.25) is 5.91 Å². The van der Waals surface area contributed by atoms with E-state index in [1.54, 1.807) is 4.90 Å². The number of hydrogen-bond donors (Lipinski definition) is 1. The summed E-state index contributed by atoms with van der Waals surface area (Å²) >= 11 is 0.883. The maximum Gasteiger partial charge on any atom is 0.303 e. The van der Waals surface area contributed by atoms with Crippen LogP contribution in [-0.4, -0.2) is 32.9 Å². The quantitative estimate of drug-likeness (QED) is 0.553. The first kappa shape index (κ1) is 20.6. The van der Waals surface area contributed by atoms with Crippen LogP contribution < -0.4 is 0 Å². The summed E-state index contributed by atoms with van der Waals surface area (Å²) in [4.78, 5) is 29.1. The molecule has 1 amide bonds. The van der Waals surface area contributed by atoms with E-state index in [0.29, 0.717) is 11.1 Å². The van der Waals surface area contributed by atoms with Gasteiger partial charge in [0.15, 0.2) is 11.6 Å². The Labute approximate surface area is 164 Å². The minimum atomic E-state index is -1.31. The van der Waals surface area contributed by atoms with Crippen LogP contribution in [0.1, 0.15) is 56.4 Å². The van der Waals surface area contributed by atoms with E-state index in [-0.39, 0.29) is 41.6 Å². The highest BCUT2D eigenvalue weighted by Gasteiger charge is 2.27. The van der Waals surface area contributed by atoms with E-state index < -0.39 is 23.4 Å². The van der Waals surface area contributed by atoms with Gasteiger partial charge in [-0.2, -0.15) is 0 Å². The molecule has 0 unspecified atom stereocenters. The van der Waals surface area contributed by atoms with E-state index in [2.05, 4.69) is 4.98 Å². The fourth-order valence-electron chi connectivity index (χ4n) is 3.59. The van der Waals surface area contributed by atoms with Gasteiger partial charge >= 0.3 is 5.97 Å². The highest BCUT2D eigenvalue weighted by atomic mass is 32.1. The number of carbonyl (C=O) groups excluding carboxylic acids is 1. The van der Waals surface area contributed by atoms with Gasteiger partial charge in [-0.25, -0.2) is 18.2 Å². The van der Waals surface area contributed by atoms with Gasteiger partial charge in [-0.15, -0.1) is 11.3 Å². The monoisotopic (exact) mass is 414 g/mol. The van der Waals surface area contributed by atoms with Crippen LogP contribution in [0.15, 0.2) is 6.07 Å². The number of aliphatic carboxylic acids is 1. The second-order valence-corrected chi connectivity index (χ2v) is 8.08. The number of amides is 1. The van der Waals surface area contributed by atoms with Crippen LogP contribution in [0.2, 0.25) is 0 Å². The zero-order valence-corrected chi connectivity index (χ0v) is 16.0. The molecule has 1 saturated carbocycles. The van der Waals surface area contributed by atoms with Crippen LogP contribution in [0.5, 0.6) is 0 Å². The van der Waals surface area contributed by atoms with Crippen molar-refractivity contribution >= 4 is 33.4 Å². The third-order valence-corrected chi connectivity index (χ3v) is 6.05. The lowest BCUT2D eigenvalue weighted by Gasteiger charge is -2.30. The predicted molar refractivity (Wildman–Crippen MR) is 98.4 cm³/mol.